The van der Waals surface area contributed by atoms with Crippen molar-refractivity contribution in [3.63, 3.8) is 0 Å². The number of hydrogen-bond acceptors (Lipinski definition) is 3. The molecule has 0 amide bonds. The molecule has 0 fully saturated rings. The van der Waals surface area contributed by atoms with Crippen LogP contribution in [0.4, 0.5) is 0 Å². The largest absolute Gasteiger partial charge is 0.481 e. The average Bonchev–Trinajstić information content (AvgIpc) is 2.04. The number of carbonyl (C=O) groups is 1. The highest BCUT2D eigenvalue weighted by Crippen LogP contribution is 2.00. The van der Waals surface area contributed by atoms with Gasteiger partial charge in [-0.3, -0.25) is 4.79 Å². The molecule has 0 radical (unpaired) electrons. The molecule has 0 aliphatic rings. The van der Waals surface area contributed by atoms with Crippen molar-refractivity contribution >= 4 is 16.0 Å². The van der Waals surface area contributed by atoms with Crippen LogP contribution >= 0.6 is 0 Å². The molecule has 0 saturated heterocycles. The van der Waals surface area contributed by atoms with E-state index in [4.69, 9.17) is 5.11 Å². The van der Waals surface area contributed by atoms with Gasteiger partial charge in [-0.15, -0.1) is 0 Å². The zero-order valence-corrected chi connectivity index (χ0v) is 8.60. The predicted molar refractivity (Wildman–Crippen MR) is 48.9 cm³/mol. The molecular weight excluding hydrogens is 194 g/mol. The molecular formula is C7H15NO4S. The fraction of sp³-hybridized carbons (Fsp3) is 0.857. The maximum absolute atomic E-state index is 10.9. The van der Waals surface area contributed by atoms with Gasteiger partial charge >= 0.3 is 5.97 Å². The van der Waals surface area contributed by atoms with E-state index >= 15 is 0 Å². The molecule has 78 valence electrons. The summed E-state index contributed by atoms with van der Waals surface area (Å²) in [4.78, 5) is 10.3. The summed E-state index contributed by atoms with van der Waals surface area (Å²) in [6, 6.07) is 0. The summed E-state index contributed by atoms with van der Waals surface area (Å²) in [5, 5.41) is 8.49. The molecule has 0 spiro atoms. The first-order valence-electron chi connectivity index (χ1n) is 4.09. The summed E-state index contributed by atoms with van der Waals surface area (Å²) in [6.07, 6.45) is 0.314. The van der Waals surface area contributed by atoms with Gasteiger partial charge in [-0.2, -0.15) is 0 Å². The van der Waals surface area contributed by atoms with Crippen LogP contribution in [0.2, 0.25) is 0 Å². The number of hydrogen-bond donors (Lipinski definition) is 2. The number of carboxylic acid groups (broad SMARTS) is 1. The molecule has 6 heteroatoms. The second-order valence-corrected chi connectivity index (χ2v) is 4.92. The van der Waals surface area contributed by atoms with E-state index in [0.717, 1.165) is 0 Å². The number of carboxylic acids is 1. The Morgan fingerprint density at radius 3 is 2.46 bits per heavy atom. The van der Waals surface area contributed by atoms with Crippen LogP contribution in [0.1, 0.15) is 20.3 Å². The number of rotatable bonds is 6. The zero-order chi connectivity index (χ0) is 10.5. The molecule has 0 heterocycles. The lowest BCUT2D eigenvalue weighted by molar-refractivity contribution is -0.141. The van der Waals surface area contributed by atoms with Crippen LogP contribution in [0, 0.1) is 5.92 Å². The molecule has 0 bridgehead atoms. The molecule has 13 heavy (non-hydrogen) atoms. The first-order chi connectivity index (χ1) is 5.89. The lowest BCUT2D eigenvalue weighted by Crippen LogP contribution is -2.28. The molecule has 2 N–H and O–H groups in total. The SMILES string of the molecule is CCS(=O)(=O)NCCC(C)C(=O)O. The minimum Gasteiger partial charge on any atom is -0.481 e. The lowest BCUT2D eigenvalue weighted by Gasteiger charge is -2.06. The van der Waals surface area contributed by atoms with Gasteiger partial charge in [0.2, 0.25) is 10.0 Å². The van der Waals surface area contributed by atoms with E-state index in [1.54, 1.807) is 6.92 Å². The third-order valence-corrected chi connectivity index (χ3v) is 3.10. The second-order valence-electron chi connectivity index (χ2n) is 2.83. The summed E-state index contributed by atoms with van der Waals surface area (Å²) in [5.74, 6) is -1.40. The van der Waals surface area contributed by atoms with E-state index < -0.39 is 21.9 Å². The molecule has 0 aromatic rings. The molecule has 1 unspecified atom stereocenters. The molecule has 0 rings (SSSR count). The van der Waals surface area contributed by atoms with Gasteiger partial charge in [0.25, 0.3) is 0 Å². The van der Waals surface area contributed by atoms with Crippen molar-refractivity contribution in [1.29, 1.82) is 0 Å². The van der Waals surface area contributed by atoms with Crippen molar-refractivity contribution in [2.45, 2.75) is 20.3 Å². The van der Waals surface area contributed by atoms with E-state index in [9.17, 15) is 13.2 Å². The highest BCUT2D eigenvalue weighted by Gasteiger charge is 2.12. The van der Waals surface area contributed by atoms with Crippen LogP contribution in [0.15, 0.2) is 0 Å². The molecule has 0 aliphatic heterocycles. The van der Waals surface area contributed by atoms with Gasteiger partial charge in [0.05, 0.1) is 11.7 Å². The highest BCUT2D eigenvalue weighted by atomic mass is 32.2. The van der Waals surface area contributed by atoms with Crippen LogP contribution in [-0.2, 0) is 14.8 Å². The average molecular weight is 209 g/mol. The minimum absolute atomic E-state index is 0.0223. The monoisotopic (exact) mass is 209 g/mol. The Balaban J connectivity index is 3.75. The number of nitrogens with one attached hydrogen (secondary N) is 1. The maximum Gasteiger partial charge on any atom is 0.306 e. The molecule has 0 saturated carbocycles. The van der Waals surface area contributed by atoms with Gasteiger partial charge in [-0.05, 0) is 13.3 Å². The van der Waals surface area contributed by atoms with Gasteiger partial charge in [-0.1, -0.05) is 6.92 Å². The van der Waals surface area contributed by atoms with Crippen LogP contribution < -0.4 is 4.72 Å². The topological polar surface area (TPSA) is 83.5 Å². The highest BCUT2D eigenvalue weighted by molar-refractivity contribution is 7.89. The van der Waals surface area contributed by atoms with Crippen molar-refractivity contribution in [3.05, 3.63) is 0 Å². The van der Waals surface area contributed by atoms with E-state index in [-0.39, 0.29) is 12.3 Å². The van der Waals surface area contributed by atoms with Crippen LogP contribution in [0.3, 0.4) is 0 Å². The fourth-order valence-electron chi connectivity index (χ4n) is 0.656. The normalized spacial score (nSPS) is 14.0. The van der Waals surface area contributed by atoms with E-state index in [0.29, 0.717) is 6.42 Å². The second kappa shape index (κ2) is 5.18. The predicted octanol–water partition coefficient (Wildman–Crippen LogP) is 0.0365. The first kappa shape index (κ1) is 12.4. The van der Waals surface area contributed by atoms with Gasteiger partial charge in [0.1, 0.15) is 0 Å². The number of sulfonamides is 1. The number of aliphatic carboxylic acids is 1. The van der Waals surface area contributed by atoms with Crippen LogP contribution in [0.5, 0.6) is 0 Å². The zero-order valence-electron chi connectivity index (χ0n) is 7.78. The molecule has 0 aliphatic carbocycles. The van der Waals surface area contributed by atoms with E-state index in [1.165, 1.54) is 6.92 Å². The van der Waals surface area contributed by atoms with Gasteiger partial charge in [0.15, 0.2) is 0 Å². The molecule has 0 aromatic carbocycles. The Hall–Kier alpha value is -0.620. The van der Waals surface area contributed by atoms with Crippen LogP contribution in [-0.4, -0.2) is 31.8 Å². The van der Waals surface area contributed by atoms with Crippen molar-refractivity contribution in [1.82, 2.24) is 4.72 Å². The van der Waals surface area contributed by atoms with Crippen molar-refractivity contribution in [3.8, 4) is 0 Å². The molecule has 5 nitrogen and oxygen atoms in total. The summed E-state index contributed by atoms with van der Waals surface area (Å²) in [6.45, 7) is 3.26. The Labute approximate surface area is 78.2 Å². The van der Waals surface area contributed by atoms with Gasteiger partial charge in [-0.25, -0.2) is 13.1 Å². The quantitative estimate of drug-likeness (QED) is 0.646. The molecule has 1 atom stereocenters. The van der Waals surface area contributed by atoms with E-state index in [2.05, 4.69) is 4.72 Å². The summed E-state index contributed by atoms with van der Waals surface area (Å²) in [5.41, 5.74) is 0. The lowest BCUT2D eigenvalue weighted by atomic mass is 10.1. The summed E-state index contributed by atoms with van der Waals surface area (Å²) in [7, 11) is -3.18. The van der Waals surface area contributed by atoms with Crippen LogP contribution in [0.25, 0.3) is 0 Å². The fourth-order valence-corrected chi connectivity index (χ4v) is 1.29. The third kappa shape index (κ3) is 5.59. The molecule has 0 aromatic heterocycles. The van der Waals surface area contributed by atoms with E-state index in [1.807, 2.05) is 0 Å². The van der Waals surface area contributed by atoms with Gasteiger partial charge in [0, 0.05) is 6.54 Å². The van der Waals surface area contributed by atoms with Crippen molar-refractivity contribution < 1.29 is 18.3 Å². The van der Waals surface area contributed by atoms with Crippen molar-refractivity contribution in [2.75, 3.05) is 12.3 Å². The minimum atomic E-state index is -3.18. The Morgan fingerprint density at radius 1 is 1.54 bits per heavy atom. The summed E-state index contributed by atoms with van der Waals surface area (Å²) >= 11 is 0. The Kier molecular flexibility index (Phi) is 4.94. The smallest absolute Gasteiger partial charge is 0.306 e. The van der Waals surface area contributed by atoms with Crippen molar-refractivity contribution in [2.24, 2.45) is 5.92 Å². The van der Waals surface area contributed by atoms with Gasteiger partial charge < -0.3 is 5.11 Å². The Bertz CT molecular complexity index is 260. The maximum atomic E-state index is 10.9. The third-order valence-electron chi connectivity index (χ3n) is 1.70. The standard InChI is InChI=1S/C7H15NO4S/c1-3-13(11,12)8-5-4-6(2)7(9)10/h6,8H,3-5H2,1-2H3,(H,9,10). The first-order valence-corrected chi connectivity index (χ1v) is 5.74. The summed E-state index contributed by atoms with van der Waals surface area (Å²) < 4.78 is 24.1. The Morgan fingerprint density at radius 2 is 2.08 bits per heavy atom.